The second kappa shape index (κ2) is 4.62. The van der Waals surface area contributed by atoms with Crippen molar-refractivity contribution < 1.29 is 19.4 Å². The van der Waals surface area contributed by atoms with Crippen molar-refractivity contribution in [2.45, 2.75) is 6.92 Å². The van der Waals surface area contributed by atoms with Gasteiger partial charge in [-0.05, 0) is 12.1 Å². The molecule has 0 atom stereocenters. The zero-order valence-electron chi connectivity index (χ0n) is 7.32. The molecule has 14 heavy (non-hydrogen) atoms. The standard InChI is InChI=1S/C9H7ClO4/c1-6(11)13-14-9(12)7-4-2-3-5-8(7)10/h2-5H,1H3. The highest BCUT2D eigenvalue weighted by Crippen LogP contribution is 2.15. The van der Waals surface area contributed by atoms with Crippen LogP contribution in [0.25, 0.3) is 0 Å². The summed E-state index contributed by atoms with van der Waals surface area (Å²) < 4.78 is 0. The Labute approximate surface area is 85.3 Å². The van der Waals surface area contributed by atoms with Crippen LogP contribution in [-0.4, -0.2) is 11.9 Å². The van der Waals surface area contributed by atoms with Gasteiger partial charge in [0.15, 0.2) is 0 Å². The van der Waals surface area contributed by atoms with Gasteiger partial charge in [0.25, 0.3) is 0 Å². The van der Waals surface area contributed by atoms with Crippen LogP contribution in [0, 0.1) is 0 Å². The lowest BCUT2D eigenvalue weighted by molar-refractivity contribution is -0.231. The van der Waals surface area contributed by atoms with E-state index in [9.17, 15) is 9.59 Å². The lowest BCUT2D eigenvalue weighted by Gasteiger charge is -2.01. The number of rotatable bonds is 1. The van der Waals surface area contributed by atoms with E-state index in [2.05, 4.69) is 9.78 Å². The largest absolute Gasteiger partial charge is 0.387 e. The molecule has 5 heteroatoms. The second-order valence-electron chi connectivity index (χ2n) is 2.43. The third-order valence-electron chi connectivity index (χ3n) is 1.33. The summed E-state index contributed by atoms with van der Waals surface area (Å²) in [6.45, 7) is 1.12. The molecule has 0 N–H and O–H groups in total. The quantitative estimate of drug-likeness (QED) is 0.530. The van der Waals surface area contributed by atoms with Gasteiger partial charge in [-0.15, -0.1) is 0 Å². The molecule has 0 aromatic heterocycles. The first-order chi connectivity index (χ1) is 6.61. The Kier molecular flexibility index (Phi) is 3.48. The average Bonchev–Trinajstić information content (AvgIpc) is 2.15. The lowest BCUT2D eigenvalue weighted by Crippen LogP contribution is -2.09. The first-order valence-corrected chi connectivity index (χ1v) is 4.13. The number of hydrogen-bond donors (Lipinski definition) is 0. The number of carbonyl (C=O) groups excluding carboxylic acids is 2. The zero-order chi connectivity index (χ0) is 10.6. The van der Waals surface area contributed by atoms with E-state index >= 15 is 0 Å². The summed E-state index contributed by atoms with van der Waals surface area (Å²) in [5.74, 6) is -1.50. The fraction of sp³-hybridized carbons (Fsp3) is 0.111. The van der Waals surface area contributed by atoms with Crippen molar-refractivity contribution in [1.82, 2.24) is 0 Å². The van der Waals surface area contributed by atoms with E-state index in [1.807, 2.05) is 0 Å². The van der Waals surface area contributed by atoms with Crippen LogP contribution in [0.4, 0.5) is 0 Å². The van der Waals surface area contributed by atoms with Crippen LogP contribution in [-0.2, 0) is 14.6 Å². The highest BCUT2D eigenvalue weighted by molar-refractivity contribution is 6.33. The molecule has 1 aromatic carbocycles. The third kappa shape index (κ3) is 2.74. The van der Waals surface area contributed by atoms with Crippen LogP contribution in [0.2, 0.25) is 5.02 Å². The molecule has 1 rings (SSSR count). The van der Waals surface area contributed by atoms with E-state index in [1.165, 1.54) is 12.1 Å². The van der Waals surface area contributed by atoms with Gasteiger partial charge < -0.3 is 0 Å². The summed E-state index contributed by atoms with van der Waals surface area (Å²) in [4.78, 5) is 29.8. The first-order valence-electron chi connectivity index (χ1n) is 3.75. The summed E-state index contributed by atoms with van der Waals surface area (Å²) in [7, 11) is 0. The van der Waals surface area contributed by atoms with Crippen molar-refractivity contribution >= 4 is 23.5 Å². The Hall–Kier alpha value is -1.55. The molecule has 0 saturated heterocycles. The summed E-state index contributed by atoms with van der Waals surface area (Å²) >= 11 is 5.69. The second-order valence-corrected chi connectivity index (χ2v) is 2.83. The van der Waals surface area contributed by atoms with E-state index in [4.69, 9.17) is 11.6 Å². The molecule has 0 bridgehead atoms. The van der Waals surface area contributed by atoms with E-state index in [1.54, 1.807) is 12.1 Å². The molecule has 0 heterocycles. The van der Waals surface area contributed by atoms with Crippen LogP contribution in [0.5, 0.6) is 0 Å². The van der Waals surface area contributed by atoms with Crippen LogP contribution in [0.15, 0.2) is 24.3 Å². The van der Waals surface area contributed by atoms with Crippen molar-refractivity contribution in [2.24, 2.45) is 0 Å². The summed E-state index contributed by atoms with van der Waals surface area (Å²) in [5, 5.41) is 0.240. The first kappa shape index (κ1) is 10.5. The summed E-state index contributed by atoms with van der Waals surface area (Å²) in [5.41, 5.74) is 0.149. The smallest absolute Gasteiger partial charge is 0.248 e. The maximum Gasteiger partial charge on any atom is 0.387 e. The van der Waals surface area contributed by atoms with Gasteiger partial charge in [0.05, 0.1) is 10.6 Å². The molecule has 0 unspecified atom stereocenters. The SMILES string of the molecule is CC(=O)OOC(=O)c1ccccc1Cl. The highest BCUT2D eigenvalue weighted by Gasteiger charge is 2.13. The number of hydrogen-bond acceptors (Lipinski definition) is 4. The van der Waals surface area contributed by atoms with Crippen molar-refractivity contribution in [3.63, 3.8) is 0 Å². The van der Waals surface area contributed by atoms with Crippen molar-refractivity contribution in [2.75, 3.05) is 0 Å². The average molecular weight is 215 g/mol. The normalized spacial score (nSPS) is 9.29. The minimum atomic E-state index is -0.800. The maximum atomic E-state index is 11.2. The number of carbonyl (C=O) groups is 2. The highest BCUT2D eigenvalue weighted by atomic mass is 35.5. The predicted octanol–water partition coefficient (Wildman–Crippen LogP) is 1.97. The van der Waals surface area contributed by atoms with Gasteiger partial charge in [-0.1, -0.05) is 23.7 Å². The van der Waals surface area contributed by atoms with Gasteiger partial charge in [-0.2, -0.15) is 0 Å². The molecule has 0 fully saturated rings. The number of halogens is 1. The fourth-order valence-electron chi connectivity index (χ4n) is 0.768. The summed E-state index contributed by atoms with van der Waals surface area (Å²) in [6, 6.07) is 6.29. The van der Waals surface area contributed by atoms with Gasteiger partial charge in [0, 0.05) is 6.92 Å². The Morgan fingerprint density at radius 2 is 1.86 bits per heavy atom. The molecular formula is C9H7ClO4. The van der Waals surface area contributed by atoms with E-state index in [-0.39, 0.29) is 10.6 Å². The van der Waals surface area contributed by atoms with Crippen molar-refractivity contribution in [1.29, 1.82) is 0 Å². The molecular weight excluding hydrogens is 208 g/mol. The molecule has 4 nitrogen and oxygen atoms in total. The molecule has 0 aliphatic carbocycles. The molecule has 0 aliphatic heterocycles. The van der Waals surface area contributed by atoms with Gasteiger partial charge in [-0.3, -0.25) is 0 Å². The monoisotopic (exact) mass is 214 g/mol. The minimum absolute atomic E-state index is 0.149. The van der Waals surface area contributed by atoms with E-state index in [0.717, 1.165) is 6.92 Å². The predicted molar refractivity (Wildman–Crippen MR) is 48.6 cm³/mol. The van der Waals surface area contributed by atoms with E-state index < -0.39 is 11.9 Å². The van der Waals surface area contributed by atoms with Gasteiger partial charge >= 0.3 is 11.9 Å². The maximum absolute atomic E-state index is 11.2. The molecule has 0 radical (unpaired) electrons. The molecule has 0 amide bonds. The van der Waals surface area contributed by atoms with Gasteiger partial charge in [0.1, 0.15) is 0 Å². The topological polar surface area (TPSA) is 52.6 Å². The Morgan fingerprint density at radius 1 is 1.21 bits per heavy atom. The van der Waals surface area contributed by atoms with Gasteiger partial charge in [0.2, 0.25) is 0 Å². The Bertz CT molecular complexity index is 362. The molecule has 1 aromatic rings. The molecule has 74 valence electrons. The van der Waals surface area contributed by atoms with E-state index in [0.29, 0.717) is 0 Å². The van der Waals surface area contributed by atoms with Crippen molar-refractivity contribution in [3.8, 4) is 0 Å². The van der Waals surface area contributed by atoms with Crippen LogP contribution >= 0.6 is 11.6 Å². The lowest BCUT2D eigenvalue weighted by atomic mass is 10.2. The van der Waals surface area contributed by atoms with Gasteiger partial charge in [-0.25, -0.2) is 19.4 Å². The zero-order valence-corrected chi connectivity index (χ0v) is 8.08. The van der Waals surface area contributed by atoms with Crippen molar-refractivity contribution in [3.05, 3.63) is 34.9 Å². The number of benzene rings is 1. The fourth-order valence-corrected chi connectivity index (χ4v) is 0.981. The van der Waals surface area contributed by atoms with Crippen LogP contribution in [0.1, 0.15) is 17.3 Å². The molecule has 0 spiro atoms. The van der Waals surface area contributed by atoms with Crippen LogP contribution < -0.4 is 0 Å². The summed E-state index contributed by atoms with van der Waals surface area (Å²) in [6.07, 6.45) is 0. The molecule has 0 aliphatic rings. The Balaban J connectivity index is 2.70. The molecule has 0 saturated carbocycles. The Morgan fingerprint density at radius 3 is 2.43 bits per heavy atom. The third-order valence-corrected chi connectivity index (χ3v) is 1.66. The minimum Gasteiger partial charge on any atom is -0.248 e. The van der Waals surface area contributed by atoms with Crippen LogP contribution in [0.3, 0.4) is 0 Å².